The summed E-state index contributed by atoms with van der Waals surface area (Å²) in [5.74, 6) is 0.0759. The van der Waals surface area contributed by atoms with E-state index >= 15 is 0 Å². The highest BCUT2D eigenvalue weighted by molar-refractivity contribution is 9.10. The Bertz CT molecular complexity index is 997. The second-order valence-corrected chi connectivity index (χ2v) is 9.14. The fraction of sp³-hybridized carbons (Fsp3) is 0.227. The van der Waals surface area contributed by atoms with Crippen LogP contribution in [-0.2, 0) is 16.0 Å². The van der Waals surface area contributed by atoms with Crippen molar-refractivity contribution in [3.05, 3.63) is 80.5 Å². The summed E-state index contributed by atoms with van der Waals surface area (Å²) in [6.45, 7) is 5.52. The van der Waals surface area contributed by atoms with Gasteiger partial charge >= 0.3 is 5.97 Å². The SMILES string of the molecule is CC(C)(C)OC(=O)/C(=C/c1cccs1)Nc1ncc(Br)nc1Cc1ccccc1. The van der Waals surface area contributed by atoms with E-state index in [0.717, 1.165) is 16.1 Å². The summed E-state index contributed by atoms with van der Waals surface area (Å²) >= 11 is 4.93. The first-order valence-corrected chi connectivity index (χ1v) is 10.8. The predicted octanol–water partition coefficient (Wildman–Crippen LogP) is 5.69. The molecule has 0 aliphatic heterocycles. The number of carbonyl (C=O) groups is 1. The number of benzene rings is 1. The molecular weight excluding hydrogens is 450 g/mol. The highest BCUT2D eigenvalue weighted by Crippen LogP contribution is 2.22. The van der Waals surface area contributed by atoms with E-state index in [1.54, 1.807) is 12.3 Å². The molecule has 5 nitrogen and oxygen atoms in total. The van der Waals surface area contributed by atoms with Crippen molar-refractivity contribution in [1.82, 2.24) is 9.97 Å². The molecule has 29 heavy (non-hydrogen) atoms. The van der Waals surface area contributed by atoms with Crippen LogP contribution in [0.2, 0.25) is 0 Å². The third-order valence-corrected chi connectivity index (χ3v) is 4.93. The molecule has 0 saturated carbocycles. The van der Waals surface area contributed by atoms with Crippen LogP contribution in [0, 0.1) is 0 Å². The van der Waals surface area contributed by atoms with Crippen LogP contribution >= 0.6 is 27.3 Å². The van der Waals surface area contributed by atoms with Gasteiger partial charge in [0.1, 0.15) is 15.9 Å². The van der Waals surface area contributed by atoms with E-state index in [2.05, 4.69) is 31.2 Å². The minimum absolute atomic E-state index is 0.313. The quantitative estimate of drug-likeness (QED) is 0.369. The van der Waals surface area contributed by atoms with E-state index < -0.39 is 11.6 Å². The molecule has 3 aromatic rings. The molecule has 2 heterocycles. The van der Waals surface area contributed by atoms with Crippen molar-refractivity contribution in [1.29, 1.82) is 0 Å². The minimum atomic E-state index is -0.606. The van der Waals surface area contributed by atoms with Gasteiger partial charge in [-0.2, -0.15) is 0 Å². The maximum atomic E-state index is 12.8. The first kappa shape index (κ1) is 21.2. The Labute approximate surface area is 183 Å². The topological polar surface area (TPSA) is 64.1 Å². The summed E-state index contributed by atoms with van der Waals surface area (Å²) < 4.78 is 6.21. The minimum Gasteiger partial charge on any atom is -0.455 e. The van der Waals surface area contributed by atoms with Crippen molar-refractivity contribution in [3.8, 4) is 0 Å². The normalized spacial score (nSPS) is 11.9. The average molecular weight is 472 g/mol. The summed E-state index contributed by atoms with van der Waals surface area (Å²) in [7, 11) is 0. The number of hydrogen-bond donors (Lipinski definition) is 1. The van der Waals surface area contributed by atoms with Crippen LogP contribution < -0.4 is 5.32 Å². The van der Waals surface area contributed by atoms with Gasteiger partial charge in [0.25, 0.3) is 0 Å². The number of carbonyl (C=O) groups excluding carboxylic acids is 1. The number of thiophene rings is 1. The van der Waals surface area contributed by atoms with Crippen LogP contribution in [0.25, 0.3) is 6.08 Å². The molecule has 0 unspecified atom stereocenters. The van der Waals surface area contributed by atoms with Gasteiger partial charge in [0.15, 0.2) is 5.82 Å². The van der Waals surface area contributed by atoms with Crippen LogP contribution in [0.1, 0.15) is 36.9 Å². The summed E-state index contributed by atoms with van der Waals surface area (Å²) in [6.07, 6.45) is 3.96. The lowest BCUT2D eigenvalue weighted by Crippen LogP contribution is -2.27. The number of rotatable bonds is 6. The van der Waals surface area contributed by atoms with Crippen LogP contribution in [0.4, 0.5) is 5.82 Å². The molecule has 0 saturated heterocycles. The number of halogens is 1. The fourth-order valence-corrected chi connectivity index (χ4v) is 3.52. The number of aromatic nitrogens is 2. The van der Waals surface area contributed by atoms with Gasteiger partial charge in [-0.15, -0.1) is 11.3 Å². The molecule has 3 rings (SSSR count). The summed E-state index contributed by atoms with van der Waals surface area (Å²) in [6, 6.07) is 13.9. The Morgan fingerprint density at radius 1 is 1.21 bits per heavy atom. The Morgan fingerprint density at radius 2 is 1.97 bits per heavy atom. The van der Waals surface area contributed by atoms with Crippen molar-refractivity contribution in [2.75, 3.05) is 5.32 Å². The number of hydrogen-bond acceptors (Lipinski definition) is 6. The van der Waals surface area contributed by atoms with Crippen molar-refractivity contribution in [2.45, 2.75) is 32.8 Å². The van der Waals surface area contributed by atoms with Gasteiger partial charge in [-0.25, -0.2) is 14.8 Å². The zero-order valence-electron chi connectivity index (χ0n) is 16.5. The van der Waals surface area contributed by atoms with E-state index in [-0.39, 0.29) is 0 Å². The molecular formula is C22H22BrN3O2S. The van der Waals surface area contributed by atoms with Crippen LogP contribution in [0.5, 0.6) is 0 Å². The fourth-order valence-electron chi connectivity index (χ4n) is 2.54. The first-order valence-electron chi connectivity index (χ1n) is 9.11. The number of nitrogens with zero attached hydrogens (tertiary/aromatic N) is 2. The molecule has 0 bridgehead atoms. The molecule has 7 heteroatoms. The van der Waals surface area contributed by atoms with Crippen molar-refractivity contribution >= 4 is 45.1 Å². The van der Waals surface area contributed by atoms with Crippen molar-refractivity contribution in [2.24, 2.45) is 0 Å². The van der Waals surface area contributed by atoms with Gasteiger partial charge in [-0.05, 0) is 59.8 Å². The molecule has 0 spiro atoms. The molecule has 0 radical (unpaired) electrons. The molecule has 0 fully saturated rings. The predicted molar refractivity (Wildman–Crippen MR) is 121 cm³/mol. The Morgan fingerprint density at radius 3 is 2.62 bits per heavy atom. The Balaban J connectivity index is 1.94. The summed E-state index contributed by atoms with van der Waals surface area (Å²) in [5, 5.41) is 5.11. The smallest absolute Gasteiger partial charge is 0.355 e. The molecule has 0 aliphatic carbocycles. The highest BCUT2D eigenvalue weighted by Gasteiger charge is 2.22. The van der Waals surface area contributed by atoms with E-state index in [0.29, 0.717) is 22.5 Å². The van der Waals surface area contributed by atoms with Gasteiger partial charge in [0, 0.05) is 11.3 Å². The number of esters is 1. The van der Waals surface area contributed by atoms with E-state index in [9.17, 15) is 4.79 Å². The van der Waals surface area contributed by atoms with Gasteiger partial charge in [0.2, 0.25) is 0 Å². The lowest BCUT2D eigenvalue weighted by Gasteiger charge is -2.21. The standard InChI is InChI=1S/C22H22BrN3O2S/c1-22(2,3)28-21(27)18(13-16-10-7-11-29-16)26-20-17(25-19(23)14-24-20)12-15-8-5-4-6-9-15/h4-11,13-14H,12H2,1-3H3,(H,24,26)/b18-13-. The highest BCUT2D eigenvalue weighted by atomic mass is 79.9. The summed E-state index contributed by atoms with van der Waals surface area (Å²) in [5.41, 5.74) is 1.54. The molecule has 0 aliphatic rings. The van der Waals surface area contributed by atoms with Gasteiger partial charge < -0.3 is 10.1 Å². The van der Waals surface area contributed by atoms with Gasteiger partial charge in [-0.3, -0.25) is 0 Å². The second-order valence-electron chi connectivity index (χ2n) is 7.35. The molecule has 1 N–H and O–H groups in total. The van der Waals surface area contributed by atoms with Crippen molar-refractivity contribution in [3.63, 3.8) is 0 Å². The number of anilines is 1. The van der Waals surface area contributed by atoms with Crippen LogP contribution in [0.3, 0.4) is 0 Å². The van der Waals surface area contributed by atoms with Crippen LogP contribution in [-0.4, -0.2) is 21.5 Å². The molecule has 1 aromatic carbocycles. The Hall–Kier alpha value is -2.51. The number of ether oxygens (including phenoxy) is 1. The zero-order chi connectivity index (χ0) is 20.9. The Kier molecular flexibility index (Phi) is 6.82. The van der Waals surface area contributed by atoms with E-state index in [1.165, 1.54) is 11.3 Å². The zero-order valence-corrected chi connectivity index (χ0v) is 18.9. The molecule has 150 valence electrons. The third-order valence-electron chi connectivity index (χ3n) is 3.73. The number of nitrogens with one attached hydrogen (secondary N) is 1. The van der Waals surface area contributed by atoms with Crippen LogP contribution in [0.15, 0.2) is 64.3 Å². The molecule has 2 aromatic heterocycles. The largest absolute Gasteiger partial charge is 0.455 e. The lowest BCUT2D eigenvalue weighted by atomic mass is 10.1. The average Bonchev–Trinajstić information content (AvgIpc) is 3.16. The van der Waals surface area contributed by atoms with Gasteiger partial charge in [-0.1, -0.05) is 36.4 Å². The first-order chi connectivity index (χ1) is 13.8. The van der Waals surface area contributed by atoms with E-state index in [1.807, 2.05) is 68.6 Å². The maximum absolute atomic E-state index is 12.8. The molecule has 0 amide bonds. The molecule has 0 atom stereocenters. The third kappa shape index (κ3) is 6.51. The maximum Gasteiger partial charge on any atom is 0.355 e. The van der Waals surface area contributed by atoms with Gasteiger partial charge in [0.05, 0.1) is 11.9 Å². The van der Waals surface area contributed by atoms with Crippen molar-refractivity contribution < 1.29 is 9.53 Å². The second kappa shape index (κ2) is 9.33. The summed E-state index contributed by atoms with van der Waals surface area (Å²) in [4.78, 5) is 22.8. The lowest BCUT2D eigenvalue weighted by molar-refractivity contribution is -0.149. The monoisotopic (exact) mass is 471 g/mol. The van der Waals surface area contributed by atoms with E-state index in [4.69, 9.17) is 4.74 Å².